The Hall–Kier alpha value is -2.22. The van der Waals surface area contributed by atoms with Gasteiger partial charge >= 0.3 is 0 Å². The summed E-state index contributed by atoms with van der Waals surface area (Å²) in [7, 11) is 0. The highest BCUT2D eigenvalue weighted by Crippen LogP contribution is 2.60. The van der Waals surface area contributed by atoms with E-state index >= 15 is 0 Å². The average Bonchev–Trinajstić information content (AvgIpc) is 3.25. The number of piperazine rings is 1. The lowest BCUT2D eigenvalue weighted by molar-refractivity contribution is -0.135. The molecule has 3 fully saturated rings. The summed E-state index contributed by atoms with van der Waals surface area (Å²) >= 11 is 1.81. The molecular formula is C26H34N4O2S. The molecule has 0 unspecified atom stereocenters. The molecule has 2 amide bonds. The van der Waals surface area contributed by atoms with E-state index in [2.05, 4.69) is 49.7 Å². The topological polar surface area (TPSA) is 55.9 Å². The molecule has 176 valence electrons. The Bertz CT molecular complexity index is 959. The van der Waals surface area contributed by atoms with Gasteiger partial charge in [0.15, 0.2) is 0 Å². The van der Waals surface area contributed by atoms with Crippen molar-refractivity contribution in [1.82, 2.24) is 14.7 Å². The molecule has 5 rings (SSSR count). The maximum Gasteiger partial charge on any atom is 0.226 e. The van der Waals surface area contributed by atoms with Crippen LogP contribution in [-0.2, 0) is 22.7 Å². The zero-order valence-corrected chi connectivity index (χ0v) is 20.3. The first-order valence-corrected chi connectivity index (χ1v) is 13.0. The van der Waals surface area contributed by atoms with E-state index in [0.29, 0.717) is 5.91 Å². The molecule has 1 aliphatic carbocycles. The van der Waals surface area contributed by atoms with E-state index < -0.39 is 0 Å². The first-order valence-electron chi connectivity index (χ1n) is 12.1. The molecule has 0 radical (unpaired) electrons. The second-order valence-electron chi connectivity index (χ2n) is 9.95. The van der Waals surface area contributed by atoms with Crippen LogP contribution in [0, 0.1) is 11.3 Å². The fraction of sp³-hybridized carbons (Fsp3) is 0.538. The number of likely N-dealkylation sites (tertiary alicyclic amines) is 1. The van der Waals surface area contributed by atoms with Gasteiger partial charge in [0.1, 0.15) is 0 Å². The molecule has 1 N–H and O–H groups in total. The Morgan fingerprint density at radius 3 is 2.30 bits per heavy atom. The molecule has 2 saturated heterocycles. The number of rotatable bonds is 6. The molecular weight excluding hydrogens is 432 g/mol. The Balaban J connectivity index is 1.06. The minimum Gasteiger partial charge on any atom is -0.340 e. The van der Waals surface area contributed by atoms with Gasteiger partial charge in [-0.05, 0) is 66.9 Å². The van der Waals surface area contributed by atoms with Gasteiger partial charge in [-0.3, -0.25) is 19.4 Å². The predicted molar refractivity (Wildman–Crippen MR) is 132 cm³/mol. The molecule has 0 bridgehead atoms. The number of thiophene rings is 1. The average molecular weight is 467 g/mol. The molecule has 1 saturated carbocycles. The van der Waals surface area contributed by atoms with Crippen molar-refractivity contribution in [2.24, 2.45) is 11.3 Å². The van der Waals surface area contributed by atoms with E-state index in [9.17, 15) is 9.59 Å². The van der Waals surface area contributed by atoms with Crippen LogP contribution in [-0.4, -0.2) is 65.8 Å². The van der Waals surface area contributed by atoms with Gasteiger partial charge in [0, 0.05) is 62.7 Å². The van der Waals surface area contributed by atoms with Crippen molar-refractivity contribution < 1.29 is 9.59 Å². The number of hydrogen-bond acceptors (Lipinski definition) is 5. The zero-order chi connectivity index (χ0) is 22.8. The van der Waals surface area contributed by atoms with Gasteiger partial charge in [-0.15, -0.1) is 11.3 Å². The summed E-state index contributed by atoms with van der Waals surface area (Å²) in [6, 6.07) is 12.4. The summed E-state index contributed by atoms with van der Waals surface area (Å²) < 4.78 is 0. The molecule has 2 aliphatic heterocycles. The number of carbonyl (C=O) groups is 2. The first-order chi connectivity index (χ1) is 16.0. The summed E-state index contributed by atoms with van der Waals surface area (Å²) in [5, 5.41) is 4.95. The van der Waals surface area contributed by atoms with E-state index in [1.807, 2.05) is 23.5 Å². The van der Waals surface area contributed by atoms with Crippen molar-refractivity contribution in [3.05, 3.63) is 52.2 Å². The highest BCUT2D eigenvalue weighted by molar-refractivity contribution is 7.09. The molecule has 6 nitrogen and oxygen atoms in total. The van der Waals surface area contributed by atoms with Crippen LogP contribution in [0.4, 0.5) is 5.69 Å². The third kappa shape index (κ3) is 5.31. The quantitative estimate of drug-likeness (QED) is 0.706. The minimum atomic E-state index is -0.0436. The highest BCUT2D eigenvalue weighted by Gasteiger charge is 2.59. The van der Waals surface area contributed by atoms with E-state index in [1.54, 1.807) is 0 Å². The van der Waals surface area contributed by atoms with Crippen LogP contribution in [0.5, 0.6) is 0 Å². The van der Waals surface area contributed by atoms with Crippen molar-refractivity contribution >= 4 is 28.8 Å². The number of hydrogen-bond donors (Lipinski definition) is 1. The van der Waals surface area contributed by atoms with Crippen LogP contribution < -0.4 is 5.32 Å². The van der Waals surface area contributed by atoms with Gasteiger partial charge in [0.05, 0.1) is 0 Å². The van der Waals surface area contributed by atoms with Crippen molar-refractivity contribution in [2.45, 2.75) is 39.3 Å². The van der Waals surface area contributed by atoms with Crippen LogP contribution in [0.1, 0.15) is 36.6 Å². The SMILES string of the molecule is CC(=O)Nc1ccc(CN2CCC3(CC2)C[C@@H]3C(=O)N2CCN(Cc3cccs3)CC2)cc1. The summed E-state index contributed by atoms with van der Waals surface area (Å²) in [6.07, 6.45) is 3.35. The minimum absolute atomic E-state index is 0.0436. The van der Waals surface area contributed by atoms with Crippen LogP contribution in [0.25, 0.3) is 0 Å². The number of benzene rings is 1. The third-order valence-corrected chi connectivity index (χ3v) is 8.52. The van der Waals surface area contributed by atoms with E-state index in [-0.39, 0.29) is 17.2 Å². The standard InChI is InChI=1S/C26H34N4O2S/c1-20(31)27-22-6-4-21(5-7-22)18-28-10-8-26(9-11-28)17-24(26)25(32)30-14-12-29(13-15-30)19-23-3-2-16-33-23/h2-7,16,24H,8-15,17-19H2,1H3,(H,27,31)/t24-/m1/s1. The van der Waals surface area contributed by atoms with Crippen molar-refractivity contribution in [1.29, 1.82) is 0 Å². The van der Waals surface area contributed by atoms with Gasteiger partial charge in [-0.1, -0.05) is 18.2 Å². The van der Waals surface area contributed by atoms with E-state index in [1.165, 1.54) is 17.4 Å². The molecule has 1 spiro atoms. The van der Waals surface area contributed by atoms with Crippen LogP contribution >= 0.6 is 11.3 Å². The summed E-state index contributed by atoms with van der Waals surface area (Å²) in [4.78, 5) is 32.9. The smallest absolute Gasteiger partial charge is 0.226 e. The van der Waals surface area contributed by atoms with Crippen molar-refractivity contribution in [2.75, 3.05) is 44.6 Å². The molecule has 1 aromatic carbocycles. The lowest BCUT2D eigenvalue weighted by Gasteiger charge is -2.36. The largest absolute Gasteiger partial charge is 0.340 e. The second-order valence-corrected chi connectivity index (χ2v) is 11.0. The summed E-state index contributed by atoms with van der Waals surface area (Å²) in [5.74, 6) is 0.617. The van der Waals surface area contributed by atoms with Crippen LogP contribution in [0.3, 0.4) is 0 Å². The van der Waals surface area contributed by atoms with Crippen molar-refractivity contribution in [3.8, 4) is 0 Å². The molecule has 1 atom stereocenters. The normalized spacial score (nSPS) is 22.9. The number of nitrogens with zero attached hydrogens (tertiary/aromatic N) is 3. The zero-order valence-electron chi connectivity index (χ0n) is 19.5. The summed E-state index contributed by atoms with van der Waals surface area (Å²) in [5.41, 5.74) is 2.37. The Labute approximate surface area is 200 Å². The van der Waals surface area contributed by atoms with Crippen LogP contribution in [0.2, 0.25) is 0 Å². The van der Waals surface area contributed by atoms with Gasteiger partial charge in [0.25, 0.3) is 0 Å². The Morgan fingerprint density at radius 2 is 1.67 bits per heavy atom. The number of anilines is 1. The van der Waals surface area contributed by atoms with Gasteiger partial charge < -0.3 is 10.2 Å². The molecule has 1 aromatic heterocycles. The van der Waals surface area contributed by atoms with Gasteiger partial charge in [-0.2, -0.15) is 0 Å². The van der Waals surface area contributed by atoms with Crippen molar-refractivity contribution in [3.63, 3.8) is 0 Å². The maximum absolute atomic E-state index is 13.2. The fourth-order valence-corrected chi connectivity index (χ4v) is 6.28. The lowest BCUT2D eigenvalue weighted by Crippen LogP contribution is -2.49. The Morgan fingerprint density at radius 1 is 0.970 bits per heavy atom. The fourth-order valence-electron chi connectivity index (χ4n) is 5.53. The third-order valence-electron chi connectivity index (χ3n) is 7.66. The van der Waals surface area contributed by atoms with E-state index in [0.717, 1.165) is 77.3 Å². The van der Waals surface area contributed by atoms with Crippen LogP contribution in [0.15, 0.2) is 41.8 Å². The summed E-state index contributed by atoms with van der Waals surface area (Å²) in [6.45, 7) is 9.31. The number of nitrogens with one attached hydrogen (secondary N) is 1. The van der Waals surface area contributed by atoms with E-state index in [4.69, 9.17) is 0 Å². The second kappa shape index (κ2) is 9.57. The number of amides is 2. The van der Waals surface area contributed by atoms with Gasteiger partial charge in [0.2, 0.25) is 11.8 Å². The number of carbonyl (C=O) groups excluding carboxylic acids is 2. The molecule has 2 aromatic rings. The monoisotopic (exact) mass is 466 g/mol. The molecule has 3 heterocycles. The molecule has 33 heavy (non-hydrogen) atoms. The molecule has 7 heteroatoms. The first kappa shape index (κ1) is 22.6. The lowest BCUT2D eigenvalue weighted by atomic mass is 9.90. The number of piperidine rings is 1. The highest BCUT2D eigenvalue weighted by atomic mass is 32.1. The maximum atomic E-state index is 13.2. The molecule has 3 aliphatic rings. The predicted octanol–water partition coefficient (Wildman–Crippen LogP) is 3.65. The Kier molecular flexibility index (Phi) is 6.54. The van der Waals surface area contributed by atoms with Gasteiger partial charge in [-0.25, -0.2) is 0 Å².